The molecule has 1 heterocycles. The molecule has 1 aromatic heterocycles. The van der Waals surface area contributed by atoms with E-state index in [0.29, 0.717) is 5.92 Å². The van der Waals surface area contributed by atoms with Gasteiger partial charge in [0, 0.05) is 19.0 Å². The Kier molecular flexibility index (Phi) is 4.38. The summed E-state index contributed by atoms with van der Waals surface area (Å²) in [6, 6.07) is 0. The summed E-state index contributed by atoms with van der Waals surface area (Å²) in [5.41, 5.74) is 0.920. The number of thiazole rings is 1. The van der Waals surface area contributed by atoms with Crippen LogP contribution in [0, 0.1) is 6.92 Å². The van der Waals surface area contributed by atoms with Gasteiger partial charge in [-0.25, -0.2) is 4.98 Å². The van der Waals surface area contributed by atoms with Gasteiger partial charge in [0.25, 0.3) is 5.91 Å². The van der Waals surface area contributed by atoms with Crippen LogP contribution >= 0.6 is 11.3 Å². The zero-order chi connectivity index (χ0) is 13.1. The molecule has 1 amide bonds. The van der Waals surface area contributed by atoms with Crippen molar-refractivity contribution in [1.82, 2.24) is 9.88 Å². The first-order valence-electron chi connectivity index (χ1n) is 6.94. The van der Waals surface area contributed by atoms with Gasteiger partial charge in [-0.05, 0) is 32.6 Å². The summed E-state index contributed by atoms with van der Waals surface area (Å²) >= 11 is 1.62. The van der Waals surface area contributed by atoms with Gasteiger partial charge >= 0.3 is 0 Å². The van der Waals surface area contributed by atoms with Crippen LogP contribution < -0.4 is 0 Å². The van der Waals surface area contributed by atoms with Crippen molar-refractivity contribution in [3.8, 4) is 0 Å². The van der Waals surface area contributed by atoms with Crippen molar-refractivity contribution in [3.63, 3.8) is 0 Å². The number of hydrogen-bond donors (Lipinski definition) is 0. The number of amides is 1. The fourth-order valence-electron chi connectivity index (χ4n) is 2.12. The van der Waals surface area contributed by atoms with Gasteiger partial charge in [-0.3, -0.25) is 4.79 Å². The smallest absolute Gasteiger partial charge is 0.265 e. The number of aryl methyl sites for hydroxylation is 1. The minimum absolute atomic E-state index is 0.181. The summed E-state index contributed by atoms with van der Waals surface area (Å²) in [7, 11) is 0. The van der Waals surface area contributed by atoms with Gasteiger partial charge in [-0.2, -0.15) is 0 Å². The Morgan fingerprint density at radius 1 is 1.33 bits per heavy atom. The van der Waals surface area contributed by atoms with Gasteiger partial charge < -0.3 is 4.90 Å². The molecule has 0 aromatic carbocycles. The zero-order valence-electron chi connectivity index (χ0n) is 11.5. The Labute approximate surface area is 113 Å². The van der Waals surface area contributed by atoms with Crippen LogP contribution in [0.4, 0.5) is 0 Å². The van der Waals surface area contributed by atoms with Crippen LogP contribution in [0.5, 0.6) is 0 Å². The van der Waals surface area contributed by atoms with Gasteiger partial charge in [0.15, 0.2) is 0 Å². The molecule has 1 fully saturated rings. The SMILES string of the molecule is CCCN(CCC)C(=O)c1sc(C2CC2)nc1C. The monoisotopic (exact) mass is 266 g/mol. The number of carbonyl (C=O) groups is 1. The third-order valence-electron chi connectivity index (χ3n) is 3.21. The fourth-order valence-corrected chi connectivity index (χ4v) is 3.32. The fraction of sp³-hybridized carbons (Fsp3) is 0.714. The third kappa shape index (κ3) is 2.91. The number of rotatable bonds is 6. The summed E-state index contributed by atoms with van der Waals surface area (Å²) in [6.45, 7) is 7.90. The average Bonchev–Trinajstić information content (AvgIpc) is 3.12. The molecule has 0 saturated heterocycles. The van der Waals surface area contributed by atoms with E-state index in [9.17, 15) is 4.79 Å². The van der Waals surface area contributed by atoms with Gasteiger partial charge in [-0.1, -0.05) is 13.8 Å². The molecule has 0 radical (unpaired) electrons. The summed E-state index contributed by atoms with van der Waals surface area (Å²) in [5.74, 6) is 0.821. The molecule has 2 rings (SSSR count). The summed E-state index contributed by atoms with van der Waals surface area (Å²) in [4.78, 5) is 19.9. The predicted molar refractivity (Wildman–Crippen MR) is 75.3 cm³/mol. The topological polar surface area (TPSA) is 33.2 Å². The molecule has 0 unspecified atom stereocenters. The molecule has 1 aromatic rings. The molecule has 1 aliphatic carbocycles. The Hall–Kier alpha value is -0.900. The van der Waals surface area contributed by atoms with E-state index in [0.717, 1.165) is 36.5 Å². The second kappa shape index (κ2) is 5.83. The van der Waals surface area contributed by atoms with Crippen LogP contribution in [0.25, 0.3) is 0 Å². The highest BCUT2D eigenvalue weighted by Gasteiger charge is 2.29. The van der Waals surface area contributed by atoms with Crippen molar-refractivity contribution in [2.75, 3.05) is 13.1 Å². The van der Waals surface area contributed by atoms with Crippen molar-refractivity contribution in [2.24, 2.45) is 0 Å². The van der Waals surface area contributed by atoms with Crippen LogP contribution in [0.3, 0.4) is 0 Å². The number of aromatic nitrogens is 1. The molecule has 0 spiro atoms. The van der Waals surface area contributed by atoms with E-state index < -0.39 is 0 Å². The molecule has 0 bridgehead atoms. The van der Waals surface area contributed by atoms with E-state index in [2.05, 4.69) is 18.8 Å². The molecule has 0 N–H and O–H groups in total. The predicted octanol–water partition coefficient (Wildman–Crippen LogP) is 3.59. The molecule has 0 aliphatic heterocycles. The standard InChI is InChI=1S/C14H22N2OS/c1-4-8-16(9-5-2)14(17)12-10(3)15-13(18-12)11-6-7-11/h11H,4-9H2,1-3H3. The van der Waals surface area contributed by atoms with Crippen molar-refractivity contribution in [2.45, 2.75) is 52.4 Å². The van der Waals surface area contributed by atoms with Crippen molar-refractivity contribution in [1.29, 1.82) is 0 Å². The van der Waals surface area contributed by atoms with E-state index in [1.54, 1.807) is 11.3 Å². The molecule has 100 valence electrons. The van der Waals surface area contributed by atoms with Crippen LogP contribution in [-0.4, -0.2) is 28.9 Å². The Balaban J connectivity index is 2.14. The van der Waals surface area contributed by atoms with Gasteiger partial charge in [0.2, 0.25) is 0 Å². The van der Waals surface area contributed by atoms with Gasteiger partial charge in [0.1, 0.15) is 4.88 Å². The highest BCUT2D eigenvalue weighted by atomic mass is 32.1. The van der Waals surface area contributed by atoms with Crippen molar-refractivity contribution >= 4 is 17.2 Å². The molecule has 18 heavy (non-hydrogen) atoms. The summed E-state index contributed by atoms with van der Waals surface area (Å²) < 4.78 is 0. The Morgan fingerprint density at radius 3 is 2.44 bits per heavy atom. The lowest BCUT2D eigenvalue weighted by Gasteiger charge is -2.20. The Bertz CT molecular complexity index is 417. The maximum atomic E-state index is 12.5. The first-order valence-corrected chi connectivity index (χ1v) is 7.75. The average molecular weight is 266 g/mol. The second-order valence-electron chi connectivity index (χ2n) is 5.03. The summed E-state index contributed by atoms with van der Waals surface area (Å²) in [5, 5.41) is 1.17. The first-order chi connectivity index (χ1) is 8.67. The maximum Gasteiger partial charge on any atom is 0.265 e. The largest absolute Gasteiger partial charge is 0.338 e. The lowest BCUT2D eigenvalue weighted by Crippen LogP contribution is -2.32. The van der Waals surface area contributed by atoms with E-state index in [1.165, 1.54) is 17.8 Å². The molecular formula is C14H22N2OS. The maximum absolute atomic E-state index is 12.5. The van der Waals surface area contributed by atoms with E-state index in [4.69, 9.17) is 0 Å². The van der Waals surface area contributed by atoms with Crippen LogP contribution in [-0.2, 0) is 0 Å². The minimum Gasteiger partial charge on any atom is -0.338 e. The molecule has 1 aliphatic rings. The minimum atomic E-state index is 0.181. The van der Waals surface area contributed by atoms with Crippen molar-refractivity contribution in [3.05, 3.63) is 15.6 Å². The Morgan fingerprint density at radius 2 is 1.94 bits per heavy atom. The third-order valence-corrected chi connectivity index (χ3v) is 4.52. The highest BCUT2D eigenvalue weighted by molar-refractivity contribution is 7.13. The second-order valence-corrected chi connectivity index (χ2v) is 6.06. The van der Waals surface area contributed by atoms with Gasteiger partial charge in [0.05, 0.1) is 10.7 Å². The molecule has 4 heteroatoms. The lowest BCUT2D eigenvalue weighted by atomic mass is 10.3. The van der Waals surface area contributed by atoms with E-state index in [1.807, 2.05) is 11.8 Å². The van der Waals surface area contributed by atoms with Crippen LogP contribution in [0.1, 0.15) is 65.8 Å². The van der Waals surface area contributed by atoms with Crippen LogP contribution in [0.2, 0.25) is 0 Å². The highest BCUT2D eigenvalue weighted by Crippen LogP contribution is 2.42. The van der Waals surface area contributed by atoms with E-state index in [-0.39, 0.29) is 5.91 Å². The molecule has 3 nitrogen and oxygen atoms in total. The number of carbonyl (C=O) groups excluding carboxylic acids is 1. The first kappa shape index (κ1) is 13.5. The summed E-state index contributed by atoms with van der Waals surface area (Å²) in [6.07, 6.45) is 4.51. The number of nitrogens with zero attached hydrogens (tertiary/aromatic N) is 2. The number of hydrogen-bond acceptors (Lipinski definition) is 3. The molecular weight excluding hydrogens is 244 g/mol. The quantitative estimate of drug-likeness (QED) is 0.788. The van der Waals surface area contributed by atoms with Gasteiger partial charge in [-0.15, -0.1) is 11.3 Å². The van der Waals surface area contributed by atoms with Crippen LogP contribution in [0.15, 0.2) is 0 Å². The normalized spacial score (nSPS) is 14.8. The van der Waals surface area contributed by atoms with E-state index >= 15 is 0 Å². The zero-order valence-corrected chi connectivity index (χ0v) is 12.3. The molecule has 0 atom stereocenters. The van der Waals surface area contributed by atoms with Crippen molar-refractivity contribution < 1.29 is 4.79 Å². The lowest BCUT2D eigenvalue weighted by molar-refractivity contribution is 0.0759. The molecule has 1 saturated carbocycles.